The minimum atomic E-state index is -3.66. The summed E-state index contributed by atoms with van der Waals surface area (Å²) >= 11 is 0. The van der Waals surface area contributed by atoms with Gasteiger partial charge in [-0.1, -0.05) is 18.2 Å². The van der Waals surface area contributed by atoms with E-state index >= 15 is 0 Å². The molecule has 1 saturated heterocycles. The van der Waals surface area contributed by atoms with Crippen LogP contribution >= 0.6 is 0 Å². The third-order valence-electron chi connectivity index (χ3n) is 3.21. The van der Waals surface area contributed by atoms with Crippen LogP contribution in [-0.4, -0.2) is 38.5 Å². The van der Waals surface area contributed by atoms with E-state index in [1.54, 1.807) is 18.2 Å². The summed E-state index contributed by atoms with van der Waals surface area (Å²) in [6.07, 6.45) is 0.395. The summed E-state index contributed by atoms with van der Waals surface area (Å²) in [5.41, 5.74) is -1.09. The molecule has 1 aliphatic rings. The van der Waals surface area contributed by atoms with Gasteiger partial charge in [-0.2, -0.15) is 9.57 Å². The third kappa shape index (κ3) is 2.01. The number of likely N-dealkylation sites (N-methyl/N-ethyl adjacent to an activating group) is 1. The summed E-state index contributed by atoms with van der Waals surface area (Å²) in [6.45, 7) is 0.522. The molecular weight excluding hydrogens is 252 g/mol. The van der Waals surface area contributed by atoms with Gasteiger partial charge in [-0.3, -0.25) is 0 Å². The lowest BCUT2D eigenvalue weighted by Crippen LogP contribution is -2.49. The summed E-state index contributed by atoms with van der Waals surface area (Å²) in [6, 6.07) is 10.2. The van der Waals surface area contributed by atoms with E-state index < -0.39 is 15.6 Å². The molecule has 1 fully saturated rings. The second-order valence-corrected chi connectivity index (χ2v) is 6.20. The number of ether oxygens (including phenoxy) is 1. The lowest BCUT2D eigenvalue weighted by molar-refractivity contribution is 0.162. The molecule has 1 aliphatic heterocycles. The zero-order valence-corrected chi connectivity index (χ0v) is 10.9. The quantitative estimate of drug-likeness (QED) is 0.818. The summed E-state index contributed by atoms with van der Waals surface area (Å²) in [5.74, 6) is 0. The minimum absolute atomic E-state index is 0.117. The maximum Gasteiger partial charge on any atom is 0.244 e. The molecule has 1 aromatic rings. The summed E-state index contributed by atoms with van der Waals surface area (Å²) < 4.78 is 31.1. The molecule has 0 radical (unpaired) electrons. The van der Waals surface area contributed by atoms with E-state index in [2.05, 4.69) is 6.07 Å². The van der Waals surface area contributed by atoms with Crippen molar-refractivity contribution in [1.82, 2.24) is 4.31 Å². The number of nitrogens with zero attached hydrogens (tertiary/aromatic N) is 2. The zero-order chi connectivity index (χ0) is 13.2. The molecule has 2 rings (SSSR count). The van der Waals surface area contributed by atoms with Crippen molar-refractivity contribution in [2.75, 3.05) is 20.3 Å². The number of benzene rings is 1. The highest BCUT2D eigenvalue weighted by Gasteiger charge is 2.45. The highest BCUT2D eigenvalue weighted by molar-refractivity contribution is 7.89. The molecule has 1 heterocycles. The fraction of sp³-hybridized carbons (Fsp3) is 0.417. The van der Waals surface area contributed by atoms with Crippen molar-refractivity contribution in [3.63, 3.8) is 0 Å². The Hall–Kier alpha value is -1.42. The molecule has 5 nitrogen and oxygen atoms in total. The van der Waals surface area contributed by atoms with Crippen molar-refractivity contribution in [1.29, 1.82) is 5.26 Å². The second-order valence-electron chi connectivity index (χ2n) is 4.23. The van der Waals surface area contributed by atoms with Crippen LogP contribution < -0.4 is 0 Å². The molecule has 1 unspecified atom stereocenters. The van der Waals surface area contributed by atoms with Crippen LogP contribution in [0.5, 0.6) is 0 Å². The number of hydrogen-bond acceptors (Lipinski definition) is 4. The van der Waals surface area contributed by atoms with Crippen molar-refractivity contribution in [2.24, 2.45) is 0 Å². The number of sulfonamides is 1. The minimum Gasteiger partial charge on any atom is -0.378 e. The largest absolute Gasteiger partial charge is 0.378 e. The Bertz CT molecular complexity index is 557. The Morgan fingerprint density at radius 3 is 2.56 bits per heavy atom. The maximum atomic E-state index is 12.4. The standard InChI is InChI=1S/C12H14N2O3S/c1-14(12(9-13)7-8-17-10-12)18(15,16)11-5-3-2-4-6-11/h2-6H,7-8,10H2,1H3. The summed E-state index contributed by atoms with van der Waals surface area (Å²) in [7, 11) is -2.23. The molecule has 0 aromatic heterocycles. The number of rotatable bonds is 3. The molecule has 0 N–H and O–H groups in total. The average molecular weight is 266 g/mol. The number of nitriles is 1. The normalized spacial score (nSPS) is 24.1. The molecule has 1 aromatic carbocycles. The van der Waals surface area contributed by atoms with Crippen LogP contribution in [-0.2, 0) is 14.8 Å². The summed E-state index contributed by atoms with van der Waals surface area (Å²) in [5, 5.41) is 9.26. The molecular formula is C12H14N2O3S. The Morgan fingerprint density at radius 1 is 1.39 bits per heavy atom. The maximum absolute atomic E-state index is 12.4. The second kappa shape index (κ2) is 4.69. The first kappa shape index (κ1) is 13.0. The SMILES string of the molecule is CN(C1(C#N)CCOC1)S(=O)(=O)c1ccccc1. The van der Waals surface area contributed by atoms with Crippen LogP contribution in [0.3, 0.4) is 0 Å². The van der Waals surface area contributed by atoms with E-state index in [-0.39, 0.29) is 11.5 Å². The Morgan fingerprint density at radius 2 is 2.06 bits per heavy atom. The first-order chi connectivity index (χ1) is 8.53. The lowest BCUT2D eigenvalue weighted by atomic mass is 10.0. The molecule has 1 atom stereocenters. The van der Waals surface area contributed by atoms with Gasteiger partial charge < -0.3 is 4.74 Å². The topological polar surface area (TPSA) is 70.4 Å². The van der Waals surface area contributed by atoms with E-state index in [1.807, 2.05) is 0 Å². The van der Waals surface area contributed by atoms with Crippen LogP contribution in [0.4, 0.5) is 0 Å². The Labute approximate surface area is 107 Å². The first-order valence-corrected chi connectivity index (χ1v) is 7.00. The zero-order valence-electron chi connectivity index (χ0n) is 10.0. The van der Waals surface area contributed by atoms with Crippen molar-refractivity contribution >= 4 is 10.0 Å². The van der Waals surface area contributed by atoms with Gasteiger partial charge in [0.05, 0.1) is 17.6 Å². The van der Waals surface area contributed by atoms with Crippen LogP contribution in [0.2, 0.25) is 0 Å². The van der Waals surface area contributed by atoms with Crippen LogP contribution in [0.15, 0.2) is 35.2 Å². The molecule has 6 heteroatoms. The highest BCUT2D eigenvalue weighted by Crippen LogP contribution is 2.29. The predicted molar refractivity (Wildman–Crippen MR) is 65.2 cm³/mol. The lowest BCUT2D eigenvalue weighted by Gasteiger charge is -2.30. The first-order valence-electron chi connectivity index (χ1n) is 5.56. The van der Waals surface area contributed by atoms with Crippen LogP contribution in [0.1, 0.15) is 6.42 Å². The highest BCUT2D eigenvalue weighted by atomic mass is 32.2. The van der Waals surface area contributed by atoms with E-state index in [4.69, 9.17) is 4.74 Å². The van der Waals surface area contributed by atoms with Crippen LogP contribution in [0.25, 0.3) is 0 Å². The van der Waals surface area contributed by atoms with Gasteiger partial charge in [-0.15, -0.1) is 0 Å². The molecule has 18 heavy (non-hydrogen) atoms. The van der Waals surface area contributed by atoms with Gasteiger partial charge in [0, 0.05) is 20.1 Å². The molecule has 0 spiro atoms. The summed E-state index contributed by atoms with van der Waals surface area (Å²) in [4.78, 5) is 0.189. The van der Waals surface area contributed by atoms with Crippen LogP contribution in [0, 0.1) is 11.3 Å². The molecule has 0 bridgehead atoms. The van der Waals surface area contributed by atoms with Gasteiger partial charge in [0.15, 0.2) is 0 Å². The molecule has 0 amide bonds. The fourth-order valence-electron chi connectivity index (χ4n) is 1.94. The Kier molecular flexibility index (Phi) is 3.39. The van der Waals surface area contributed by atoms with Gasteiger partial charge >= 0.3 is 0 Å². The molecule has 0 saturated carbocycles. The van der Waals surface area contributed by atoms with Crippen molar-refractivity contribution in [2.45, 2.75) is 16.9 Å². The van der Waals surface area contributed by atoms with Gasteiger partial charge in [-0.05, 0) is 12.1 Å². The monoisotopic (exact) mass is 266 g/mol. The van der Waals surface area contributed by atoms with Gasteiger partial charge in [0.2, 0.25) is 10.0 Å². The average Bonchev–Trinajstić information content (AvgIpc) is 2.88. The molecule has 96 valence electrons. The molecule has 0 aliphatic carbocycles. The van der Waals surface area contributed by atoms with Gasteiger partial charge in [0.25, 0.3) is 0 Å². The van der Waals surface area contributed by atoms with Gasteiger partial charge in [-0.25, -0.2) is 8.42 Å². The third-order valence-corrected chi connectivity index (χ3v) is 5.15. The van der Waals surface area contributed by atoms with Gasteiger partial charge in [0.1, 0.15) is 5.54 Å². The van der Waals surface area contributed by atoms with E-state index in [0.717, 1.165) is 4.31 Å². The van der Waals surface area contributed by atoms with E-state index in [9.17, 15) is 13.7 Å². The predicted octanol–water partition coefficient (Wildman–Crippen LogP) is 0.990. The fourth-order valence-corrected chi connectivity index (χ4v) is 3.40. The Balaban J connectivity index is 2.40. The van der Waals surface area contributed by atoms with E-state index in [0.29, 0.717) is 13.0 Å². The van der Waals surface area contributed by atoms with Crippen molar-refractivity contribution < 1.29 is 13.2 Å². The van der Waals surface area contributed by atoms with E-state index in [1.165, 1.54) is 19.2 Å². The van der Waals surface area contributed by atoms with Crippen molar-refractivity contribution in [3.8, 4) is 6.07 Å². The van der Waals surface area contributed by atoms with Crippen molar-refractivity contribution in [3.05, 3.63) is 30.3 Å². The number of hydrogen-bond donors (Lipinski definition) is 0. The smallest absolute Gasteiger partial charge is 0.244 e.